The fourth-order valence-electron chi connectivity index (χ4n) is 1.000. The molecule has 2 N–H and O–H groups in total. The first-order valence-electron chi connectivity index (χ1n) is 4.68. The topological polar surface area (TPSA) is 93.4 Å². The van der Waals surface area contributed by atoms with Crippen LogP contribution in [-0.2, 0) is 9.59 Å². The zero-order valence-corrected chi connectivity index (χ0v) is 8.69. The molecule has 0 saturated carbocycles. The molecule has 0 saturated heterocycles. The average Bonchev–Trinajstić information content (AvgIpc) is 2.20. The maximum absolute atomic E-state index is 11.2. The van der Waals surface area contributed by atoms with Gasteiger partial charge >= 0.3 is 5.97 Å². The summed E-state index contributed by atoms with van der Waals surface area (Å²) in [6, 6.07) is 1.80. The number of nitriles is 1. The van der Waals surface area contributed by atoms with Crippen molar-refractivity contribution in [1.82, 2.24) is 10.2 Å². The largest absolute Gasteiger partial charge is 0.481 e. The fraction of sp³-hybridized carbons (Fsp3) is 0.667. The summed E-state index contributed by atoms with van der Waals surface area (Å²) in [5, 5.41) is 19.1. The van der Waals surface area contributed by atoms with Crippen LogP contribution in [0.15, 0.2) is 0 Å². The number of carbonyl (C=O) groups excluding carboxylic acids is 1. The molecule has 0 aromatic heterocycles. The van der Waals surface area contributed by atoms with Gasteiger partial charge in [0.15, 0.2) is 0 Å². The van der Waals surface area contributed by atoms with E-state index in [-0.39, 0.29) is 25.4 Å². The van der Waals surface area contributed by atoms with Crippen molar-refractivity contribution in [2.24, 2.45) is 0 Å². The predicted octanol–water partition coefficient (Wildman–Crippen LogP) is -0.577. The summed E-state index contributed by atoms with van der Waals surface area (Å²) in [6.45, 7) is 2.90. The number of nitrogens with one attached hydrogen (secondary N) is 1. The number of carboxylic acids is 1. The van der Waals surface area contributed by atoms with Crippen molar-refractivity contribution in [1.29, 1.82) is 5.26 Å². The van der Waals surface area contributed by atoms with Gasteiger partial charge in [-0.25, -0.2) is 0 Å². The van der Waals surface area contributed by atoms with Gasteiger partial charge in [-0.05, 0) is 6.54 Å². The Morgan fingerprint density at radius 3 is 2.67 bits per heavy atom. The minimum absolute atomic E-state index is 0.0133. The molecule has 84 valence electrons. The number of likely N-dealkylation sites (N-methyl/N-ethyl adjacent to an activating group) is 1. The van der Waals surface area contributed by atoms with Crippen LogP contribution in [0.5, 0.6) is 0 Å². The Kier molecular flexibility index (Phi) is 6.93. The highest BCUT2D eigenvalue weighted by molar-refractivity contribution is 5.78. The Morgan fingerprint density at radius 1 is 1.53 bits per heavy atom. The number of hydrogen-bond donors (Lipinski definition) is 2. The molecule has 6 heteroatoms. The summed E-state index contributed by atoms with van der Waals surface area (Å²) < 4.78 is 0. The van der Waals surface area contributed by atoms with Crippen LogP contribution in [-0.4, -0.2) is 48.1 Å². The molecule has 0 spiro atoms. The lowest BCUT2D eigenvalue weighted by Crippen LogP contribution is -2.38. The van der Waals surface area contributed by atoms with Gasteiger partial charge in [-0.1, -0.05) is 6.92 Å². The highest BCUT2D eigenvalue weighted by atomic mass is 16.4. The molecule has 0 fully saturated rings. The van der Waals surface area contributed by atoms with E-state index in [0.717, 1.165) is 0 Å². The van der Waals surface area contributed by atoms with Crippen LogP contribution in [0.4, 0.5) is 0 Å². The molecule has 15 heavy (non-hydrogen) atoms. The van der Waals surface area contributed by atoms with E-state index >= 15 is 0 Å². The smallest absolute Gasteiger partial charge is 0.304 e. The van der Waals surface area contributed by atoms with E-state index in [1.807, 2.05) is 6.92 Å². The lowest BCUT2D eigenvalue weighted by molar-refractivity contribution is -0.137. The lowest BCUT2D eigenvalue weighted by atomic mass is 10.3. The molecule has 0 radical (unpaired) electrons. The monoisotopic (exact) mass is 213 g/mol. The van der Waals surface area contributed by atoms with Crippen LogP contribution in [0.3, 0.4) is 0 Å². The van der Waals surface area contributed by atoms with Gasteiger partial charge in [-0.2, -0.15) is 5.26 Å². The van der Waals surface area contributed by atoms with Gasteiger partial charge in [0.05, 0.1) is 19.0 Å². The number of nitrogens with zero attached hydrogens (tertiary/aromatic N) is 2. The maximum Gasteiger partial charge on any atom is 0.304 e. The molecule has 0 aromatic rings. The van der Waals surface area contributed by atoms with E-state index < -0.39 is 5.97 Å². The highest BCUT2D eigenvalue weighted by Crippen LogP contribution is 1.91. The quantitative estimate of drug-likeness (QED) is 0.552. The molecule has 0 atom stereocenters. The van der Waals surface area contributed by atoms with Gasteiger partial charge in [-0.15, -0.1) is 0 Å². The van der Waals surface area contributed by atoms with E-state index in [4.69, 9.17) is 10.4 Å². The second-order valence-corrected chi connectivity index (χ2v) is 2.95. The maximum atomic E-state index is 11.2. The SMILES string of the molecule is CCN(CCC(=O)O)CC(=O)NCC#N. The van der Waals surface area contributed by atoms with E-state index in [1.54, 1.807) is 11.0 Å². The molecule has 0 rings (SSSR count). The first-order valence-corrected chi connectivity index (χ1v) is 4.68. The Hall–Kier alpha value is -1.61. The Morgan fingerprint density at radius 2 is 2.20 bits per heavy atom. The van der Waals surface area contributed by atoms with Crippen LogP contribution in [0, 0.1) is 11.3 Å². The van der Waals surface area contributed by atoms with E-state index in [9.17, 15) is 9.59 Å². The predicted molar refractivity (Wildman–Crippen MR) is 53.0 cm³/mol. The van der Waals surface area contributed by atoms with Gasteiger partial charge in [0.25, 0.3) is 0 Å². The number of carboxylic acid groups (broad SMARTS) is 1. The minimum Gasteiger partial charge on any atom is -0.481 e. The summed E-state index contributed by atoms with van der Waals surface area (Å²) in [7, 11) is 0. The number of hydrogen-bond acceptors (Lipinski definition) is 4. The molecular weight excluding hydrogens is 198 g/mol. The van der Waals surface area contributed by atoms with Crippen LogP contribution in [0.2, 0.25) is 0 Å². The first kappa shape index (κ1) is 13.4. The minimum atomic E-state index is -0.883. The summed E-state index contributed by atoms with van der Waals surface area (Å²) >= 11 is 0. The van der Waals surface area contributed by atoms with Crippen molar-refractivity contribution in [3.63, 3.8) is 0 Å². The van der Waals surface area contributed by atoms with E-state index in [2.05, 4.69) is 5.32 Å². The Bertz CT molecular complexity index is 260. The standard InChI is InChI=1S/C9H15N3O3/c1-2-12(6-3-9(14)15)7-8(13)11-5-4-10/h2-3,5-7H2,1H3,(H,11,13)(H,14,15). The molecule has 0 aromatic carbocycles. The molecule has 1 amide bonds. The van der Waals surface area contributed by atoms with Crippen LogP contribution in [0.1, 0.15) is 13.3 Å². The Labute approximate surface area is 88.5 Å². The van der Waals surface area contributed by atoms with Crippen LogP contribution >= 0.6 is 0 Å². The number of aliphatic carboxylic acids is 1. The third-order valence-corrected chi connectivity index (χ3v) is 1.82. The summed E-state index contributed by atoms with van der Waals surface area (Å²) in [5.41, 5.74) is 0. The highest BCUT2D eigenvalue weighted by Gasteiger charge is 2.09. The van der Waals surface area contributed by atoms with Crippen molar-refractivity contribution in [3.8, 4) is 6.07 Å². The summed E-state index contributed by atoms with van der Waals surface area (Å²) in [5.74, 6) is -1.14. The molecule has 0 bridgehead atoms. The van der Waals surface area contributed by atoms with Gasteiger partial charge in [0.2, 0.25) is 5.91 Å². The molecule has 0 aliphatic rings. The van der Waals surface area contributed by atoms with Gasteiger partial charge < -0.3 is 10.4 Å². The molecule has 0 aliphatic heterocycles. The van der Waals surface area contributed by atoms with Crippen molar-refractivity contribution in [2.75, 3.05) is 26.2 Å². The van der Waals surface area contributed by atoms with Crippen LogP contribution in [0.25, 0.3) is 0 Å². The zero-order chi connectivity index (χ0) is 11.7. The first-order chi connectivity index (χ1) is 7.10. The normalized spacial score (nSPS) is 9.67. The molecule has 6 nitrogen and oxygen atoms in total. The molecular formula is C9H15N3O3. The summed E-state index contributed by atoms with van der Waals surface area (Å²) in [4.78, 5) is 23.2. The number of rotatable bonds is 7. The number of carbonyl (C=O) groups is 2. The van der Waals surface area contributed by atoms with Crippen molar-refractivity contribution in [3.05, 3.63) is 0 Å². The van der Waals surface area contributed by atoms with Gasteiger partial charge in [0, 0.05) is 6.54 Å². The lowest BCUT2D eigenvalue weighted by Gasteiger charge is -2.18. The Balaban J connectivity index is 3.83. The van der Waals surface area contributed by atoms with E-state index in [0.29, 0.717) is 13.1 Å². The van der Waals surface area contributed by atoms with Crippen molar-refractivity contribution in [2.45, 2.75) is 13.3 Å². The van der Waals surface area contributed by atoms with E-state index in [1.165, 1.54) is 0 Å². The van der Waals surface area contributed by atoms with Crippen molar-refractivity contribution >= 4 is 11.9 Å². The fourth-order valence-corrected chi connectivity index (χ4v) is 1.000. The summed E-state index contributed by atoms with van der Waals surface area (Å²) in [6.07, 6.45) is 0.0133. The second kappa shape index (κ2) is 7.76. The molecule has 0 aliphatic carbocycles. The van der Waals surface area contributed by atoms with Crippen LogP contribution < -0.4 is 5.32 Å². The zero-order valence-electron chi connectivity index (χ0n) is 8.69. The third kappa shape index (κ3) is 7.46. The average molecular weight is 213 g/mol. The number of amides is 1. The molecule has 0 heterocycles. The van der Waals surface area contributed by atoms with Gasteiger partial charge in [0.1, 0.15) is 6.54 Å². The third-order valence-electron chi connectivity index (χ3n) is 1.82. The second-order valence-electron chi connectivity index (χ2n) is 2.95. The van der Waals surface area contributed by atoms with Crippen molar-refractivity contribution < 1.29 is 14.7 Å². The van der Waals surface area contributed by atoms with Gasteiger partial charge in [-0.3, -0.25) is 14.5 Å². The molecule has 0 unspecified atom stereocenters.